The highest BCUT2D eigenvalue weighted by Gasteiger charge is 2.07. The molecule has 0 aliphatic rings. The van der Waals surface area contributed by atoms with E-state index in [0.717, 1.165) is 36.9 Å². The number of nitrogens with zero attached hydrogens (tertiary/aromatic N) is 3. The van der Waals surface area contributed by atoms with Gasteiger partial charge in [0, 0.05) is 20.1 Å². The van der Waals surface area contributed by atoms with E-state index in [-0.39, 0.29) is 0 Å². The highest BCUT2D eigenvalue weighted by molar-refractivity contribution is 5.79. The normalized spacial score (nSPS) is 11.7. The lowest BCUT2D eigenvalue weighted by Gasteiger charge is -2.21. The third-order valence-electron chi connectivity index (χ3n) is 2.98. The van der Waals surface area contributed by atoms with Gasteiger partial charge in [-0.25, -0.2) is 9.98 Å². The van der Waals surface area contributed by atoms with Gasteiger partial charge in [0.25, 0.3) is 0 Å². The Morgan fingerprint density at radius 2 is 2.11 bits per heavy atom. The first-order valence-electron chi connectivity index (χ1n) is 7.00. The van der Waals surface area contributed by atoms with Gasteiger partial charge in [0.05, 0.1) is 5.69 Å². The molecule has 1 aromatic heterocycles. The van der Waals surface area contributed by atoms with Gasteiger partial charge >= 0.3 is 0 Å². The molecule has 0 fully saturated rings. The fraction of sp³-hybridized carbons (Fsp3) is 0.714. The van der Waals surface area contributed by atoms with Gasteiger partial charge in [0.2, 0.25) is 5.89 Å². The molecular weight excluding hydrogens is 240 g/mol. The Bertz CT molecular complexity index is 392. The van der Waals surface area contributed by atoms with E-state index in [2.05, 4.69) is 41.1 Å². The van der Waals surface area contributed by atoms with Crippen LogP contribution in [0.3, 0.4) is 0 Å². The second-order valence-electron chi connectivity index (χ2n) is 4.69. The zero-order valence-corrected chi connectivity index (χ0v) is 12.8. The minimum absolute atomic E-state index is 0.480. The van der Waals surface area contributed by atoms with Crippen molar-refractivity contribution in [3.63, 3.8) is 0 Å². The number of aryl methyl sites for hydroxylation is 2. The molecule has 1 aromatic rings. The van der Waals surface area contributed by atoms with Crippen molar-refractivity contribution in [2.24, 2.45) is 4.99 Å². The highest BCUT2D eigenvalue weighted by atomic mass is 16.4. The molecule has 0 aliphatic heterocycles. The quantitative estimate of drug-likeness (QED) is 0.635. The van der Waals surface area contributed by atoms with Crippen LogP contribution in [0.25, 0.3) is 0 Å². The molecule has 0 bridgehead atoms. The molecule has 0 atom stereocenters. The third-order valence-corrected chi connectivity index (χ3v) is 2.98. The molecule has 0 aliphatic carbocycles. The van der Waals surface area contributed by atoms with Gasteiger partial charge < -0.3 is 14.6 Å². The lowest BCUT2D eigenvalue weighted by atomic mass is 10.3. The molecule has 1 N–H and O–H groups in total. The van der Waals surface area contributed by atoms with Crippen molar-refractivity contribution >= 4 is 5.96 Å². The molecule has 1 rings (SSSR count). The van der Waals surface area contributed by atoms with Gasteiger partial charge in [-0.05, 0) is 27.2 Å². The number of nitrogens with one attached hydrogen (secondary N) is 1. The molecule has 0 radical (unpaired) electrons. The molecule has 0 saturated heterocycles. The fourth-order valence-corrected chi connectivity index (χ4v) is 1.72. The van der Waals surface area contributed by atoms with Gasteiger partial charge in [0.15, 0.2) is 5.96 Å². The first kappa shape index (κ1) is 15.5. The van der Waals surface area contributed by atoms with Crippen molar-refractivity contribution in [3.8, 4) is 0 Å². The standard InChI is InChI=1S/C14H26N4O/c1-6-8-9-18(5)14(15-7-2)16-10-13-17-11(3)12(4)19-13/h6-10H2,1-5H3,(H,15,16). The number of rotatable bonds is 6. The van der Waals surface area contributed by atoms with Crippen LogP contribution in [0.1, 0.15) is 44.0 Å². The number of hydrogen-bond acceptors (Lipinski definition) is 3. The number of oxazole rings is 1. The van der Waals surface area contributed by atoms with Crippen LogP contribution in [0.2, 0.25) is 0 Å². The van der Waals surface area contributed by atoms with Crippen molar-refractivity contribution in [3.05, 3.63) is 17.3 Å². The molecule has 0 unspecified atom stereocenters. The largest absolute Gasteiger partial charge is 0.444 e. The predicted octanol–water partition coefficient (Wildman–Crippen LogP) is 2.49. The van der Waals surface area contributed by atoms with E-state index in [4.69, 9.17) is 4.42 Å². The van der Waals surface area contributed by atoms with E-state index >= 15 is 0 Å². The smallest absolute Gasteiger partial charge is 0.216 e. The highest BCUT2D eigenvalue weighted by Crippen LogP contribution is 2.09. The van der Waals surface area contributed by atoms with Gasteiger partial charge in [-0.2, -0.15) is 0 Å². The van der Waals surface area contributed by atoms with Crippen LogP contribution < -0.4 is 5.32 Å². The molecule has 5 heteroatoms. The summed E-state index contributed by atoms with van der Waals surface area (Å²) in [5, 5.41) is 3.29. The number of unbranched alkanes of at least 4 members (excludes halogenated alkanes) is 1. The summed E-state index contributed by atoms with van der Waals surface area (Å²) >= 11 is 0. The summed E-state index contributed by atoms with van der Waals surface area (Å²) in [7, 11) is 2.06. The van der Waals surface area contributed by atoms with Crippen LogP contribution in [-0.2, 0) is 6.54 Å². The third kappa shape index (κ3) is 4.93. The van der Waals surface area contributed by atoms with Crippen molar-refractivity contribution in [2.45, 2.75) is 47.1 Å². The summed E-state index contributed by atoms with van der Waals surface area (Å²) in [5.74, 6) is 2.45. The maximum Gasteiger partial charge on any atom is 0.216 e. The second kappa shape index (κ2) is 7.81. The zero-order chi connectivity index (χ0) is 14.3. The van der Waals surface area contributed by atoms with Crippen LogP contribution in [0.15, 0.2) is 9.41 Å². The molecule has 19 heavy (non-hydrogen) atoms. The van der Waals surface area contributed by atoms with Crippen LogP contribution in [0, 0.1) is 13.8 Å². The van der Waals surface area contributed by atoms with E-state index in [1.807, 2.05) is 13.8 Å². The SMILES string of the molecule is CCCCN(C)C(=NCc1nc(C)c(C)o1)NCC. The van der Waals surface area contributed by atoms with Gasteiger partial charge in [-0.1, -0.05) is 13.3 Å². The predicted molar refractivity (Wildman–Crippen MR) is 78.3 cm³/mol. The maximum absolute atomic E-state index is 5.54. The Balaban J connectivity index is 2.66. The van der Waals surface area contributed by atoms with E-state index < -0.39 is 0 Å². The molecule has 0 saturated carbocycles. The molecular formula is C14H26N4O. The minimum Gasteiger partial charge on any atom is -0.444 e. The Kier molecular flexibility index (Phi) is 6.39. The fourth-order valence-electron chi connectivity index (χ4n) is 1.72. The number of aliphatic imine (C=N–C) groups is 1. The Morgan fingerprint density at radius 3 is 2.63 bits per heavy atom. The summed E-state index contributed by atoms with van der Waals surface area (Å²) in [4.78, 5) is 11.1. The number of hydrogen-bond donors (Lipinski definition) is 1. The molecule has 0 aromatic carbocycles. The van der Waals surface area contributed by atoms with E-state index in [1.165, 1.54) is 6.42 Å². The Morgan fingerprint density at radius 1 is 1.37 bits per heavy atom. The van der Waals surface area contributed by atoms with Crippen molar-refractivity contribution in [1.82, 2.24) is 15.2 Å². The first-order valence-corrected chi connectivity index (χ1v) is 7.00. The Labute approximate surface area is 116 Å². The summed E-state index contributed by atoms with van der Waals surface area (Å²) in [6.45, 7) is 10.5. The van der Waals surface area contributed by atoms with Crippen LogP contribution in [0.4, 0.5) is 0 Å². The average molecular weight is 266 g/mol. The molecule has 1 heterocycles. The van der Waals surface area contributed by atoms with Crippen LogP contribution in [0.5, 0.6) is 0 Å². The maximum atomic E-state index is 5.54. The second-order valence-corrected chi connectivity index (χ2v) is 4.69. The van der Waals surface area contributed by atoms with Gasteiger partial charge in [-0.3, -0.25) is 0 Å². The summed E-state index contributed by atoms with van der Waals surface area (Å²) < 4.78 is 5.54. The molecule has 5 nitrogen and oxygen atoms in total. The van der Waals surface area contributed by atoms with Crippen molar-refractivity contribution in [1.29, 1.82) is 0 Å². The average Bonchev–Trinajstić information content (AvgIpc) is 2.71. The zero-order valence-electron chi connectivity index (χ0n) is 12.8. The topological polar surface area (TPSA) is 53.7 Å². The molecule has 108 valence electrons. The summed E-state index contributed by atoms with van der Waals surface area (Å²) in [6, 6.07) is 0. The first-order chi connectivity index (χ1) is 9.08. The van der Waals surface area contributed by atoms with E-state index in [0.29, 0.717) is 12.4 Å². The number of guanidine groups is 1. The molecule has 0 spiro atoms. The van der Waals surface area contributed by atoms with Crippen LogP contribution in [-0.4, -0.2) is 36.0 Å². The minimum atomic E-state index is 0.480. The lowest BCUT2D eigenvalue weighted by molar-refractivity contribution is 0.452. The van der Waals surface area contributed by atoms with Gasteiger partial charge in [0.1, 0.15) is 12.3 Å². The number of aromatic nitrogens is 1. The van der Waals surface area contributed by atoms with Gasteiger partial charge in [-0.15, -0.1) is 0 Å². The summed E-state index contributed by atoms with van der Waals surface area (Å²) in [6.07, 6.45) is 2.35. The lowest BCUT2D eigenvalue weighted by Crippen LogP contribution is -2.39. The Hall–Kier alpha value is -1.52. The molecule has 0 amide bonds. The monoisotopic (exact) mass is 266 g/mol. The van der Waals surface area contributed by atoms with Crippen molar-refractivity contribution < 1.29 is 4.42 Å². The van der Waals surface area contributed by atoms with Crippen LogP contribution >= 0.6 is 0 Å². The summed E-state index contributed by atoms with van der Waals surface area (Å²) in [5.41, 5.74) is 0.939. The van der Waals surface area contributed by atoms with Crippen molar-refractivity contribution in [2.75, 3.05) is 20.1 Å². The van der Waals surface area contributed by atoms with E-state index in [1.54, 1.807) is 0 Å². The van der Waals surface area contributed by atoms with E-state index in [9.17, 15) is 0 Å².